The topological polar surface area (TPSA) is 63.3 Å². The van der Waals surface area contributed by atoms with Crippen LogP contribution in [0.1, 0.15) is 5.56 Å². The van der Waals surface area contributed by atoms with Crippen LogP contribution in [0.4, 0.5) is 0 Å². The number of aromatic nitrogens is 1. The summed E-state index contributed by atoms with van der Waals surface area (Å²) in [5.41, 5.74) is 0.686. The van der Waals surface area contributed by atoms with Crippen LogP contribution in [-0.4, -0.2) is 37.8 Å². The highest BCUT2D eigenvalue weighted by Crippen LogP contribution is 2.28. The second kappa shape index (κ2) is 4.67. The van der Waals surface area contributed by atoms with Crippen LogP contribution >= 0.6 is 0 Å². The lowest BCUT2D eigenvalue weighted by Gasteiger charge is -2.38. The van der Waals surface area contributed by atoms with Gasteiger partial charge in [0.1, 0.15) is 5.41 Å². The summed E-state index contributed by atoms with van der Waals surface area (Å²) in [5, 5.41) is 3.24. The van der Waals surface area contributed by atoms with Crippen LogP contribution in [0.3, 0.4) is 0 Å². The molecule has 0 unspecified atom stereocenters. The Morgan fingerprint density at radius 2 is 2.50 bits per heavy atom. The average molecular weight is 224 g/mol. The first-order valence-corrected chi connectivity index (χ1v) is 5.25. The molecule has 0 aromatic carbocycles. The quantitative estimate of drug-likeness (QED) is 0.706. The molecule has 1 aliphatic rings. The van der Waals surface area contributed by atoms with E-state index < -0.39 is 5.41 Å². The van der Waals surface area contributed by atoms with Crippen molar-refractivity contribution in [1.82, 2.24) is 10.3 Å². The third-order valence-corrected chi connectivity index (χ3v) is 2.83. The van der Waals surface area contributed by atoms with E-state index in [4.69, 9.17) is 9.47 Å². The number of hydrogen-bond donors (Lipinski definition) is 2. The second-order valence-electron chi connectivity index (χ2n) is 4.09. The van der Waals surface area contributed by atoms with Gasteiger partial charge in [-0.25, -0.2) is 0 Å². The van der Waals surface area contributed by atoms with Crippen LogP contribution in [0, 0.1) is 5.41 Å². The zero-order chi connectivity index (χ0) is 11.4. The number of methoxy groups -OCH3 is 1. The number of carbonyl (C=O) groups excluding carboxylic acids is 1. The first kappa shape index (κ1) is 11.2. The van der Waals surface area contributed by atoms with E-state index in [-0.39, 0.29) is 5.97 Å². The Morgan fingerprint density at radius 1 is 1.69 bits per heavy atom. The molecule has 1 aromatic rings. The SMILES string of the molecule is COC(=O)C1(CNCc2cc[nH]c2)COC1. The lowest BCUT2D eigenvalue weighted by molar-refractivity contribution is -0.182. The van der Waals surface area contributed by atoms with Crippen molar-refractivity contribution < 1.29 is 14.3 Å². The molecule has 0 bridgehead atoms. The molecule has 1 aromatic heterocycles. The third-order valence-electron chi connectivity index (χ3n) is 2.83. The number of H-pyrrole nitrogens is 1. The minimum absolute atomic E-state index is 0.194. The molecule has 2 N–H and O–H groups in total. The summed E-state index contributed by atoms with van der Waals surface area (Å²) in [6.07, 6.45) is 3.80. The van der Waals surface area contributed by atoms with Crippen molar-refractivity contribution in [3.8, 4) is 0 Å². The van der Waals surface area contributed by atoms with Crippen LogP contribution in [-0.2, 0) is 20.8 Å². The number of carbonyl (C=O) groups is 1. The largest absolute Gasteiger partial charge is 0.468 e. The standard InChI is InChI=1S/C11H16N2O3/c1-15-10(14)11(7-16-8-11)6-13-5-9-2-3-12-4-9/h2-4,12-13H,5-8H2,1H3. The van der Waals surface area contributed by atoms with Gasteiger partial charge in [0.15, 0.2) is 0 Å². The zero-order valence-corrected chi connectivity index (χ0v) is 9.29. The van der Waals surface area contributed by atoms with Gasteiger partial charge in [-0.1, -0.05) is 0 Å². The van der Waals surface area contributed by atoms with Gasteiger partial charge < -0.3 is 19.8 Å². The van der Waals surface area contributed by atoms with Gasteiger partial charge in [-0.15, -0.1) is 0 Å². The van der Waals surface area contributed by atoms with Gasteiger partial charge in [0.25, 0.3) is 0 Å². The first-order valence-electron chi connectivity index (χ1n) is 5.25. The molecular weight excluding hydrogens is 208 g/mol. The Labute approximate surface area is 94.1 Å². The molecule has 0 saturated carbocycles. The summed E-state index contributed by atoms with van der Waals surface area (Å²) in [5.74, 6) is -0.194. The molecule has 0 aliphatic carbocycles. The number of hydrogen-bond acceptors (Lipinski definition) is 4. The molecule has 2 rings (SSSR count). The van der Waals surface area contributed by atoms with Crippen molar-refractivity contribution in [3.63, 3.8) is 0 Å². The molecule has 88 valence electrons. The van der Waals surface area contributed by atoms with Crippen molar-refractivity contribution in [3.05, 3.63) is 24.0 Å². The molecule has 1 aliphatic heterocycles. The van der Waals surface area contributed by atoms with Crippen molar-refractivity contribution in [1.29, 1.82) is 0 Å². The predicted octanol–water partition coefficient (Wildman–Crippen LogP) is 0.294. The molecule has 1 saturated heterocycles. The first-order chi connectivity index (χ1) is 7.77. The van der Waals surface area contributed by atoms with E-state index in [2.05, 4.69) is 10.3 Å². The van der Waals surface area contributed by atoms with E-state index in [1.165, 1.54) is 12.7 Å². The maximum absolute atomic E-state index is 11.6. The van der Waals surface area contributed by atoms with E-state index in [0.29, 0.717) is 19.8 Å². The number of aromatic amines is 1. The van der Waals surface area contributed by atoms with Crippen LogP contribution in [0.15, 0.2) is 18.5 Å². The van der Waals surface area contributed by atoms with Gasteiger partial charge in [-0.2, -0.15) is 0 Å². The molecule has 1 fully saturated rings. The Kier molecular flexibility index (Phi) is 3.26. The van der Waals surface area contributed by atoms with Crippen LogP contribution in [0.5, 0.6) is 0 Å². The Balaban J connectivity index is 1.81. The lowest BCUT2D eigenvalue weighted by atomic mass is 9.86. The molecule has 5 heteroatoms. The highest BCUT2D eigenvalue weighted by Gasteiger charge is 2.46. The molecule has 0 atom stereocenters. The highest BCUT2D eigenvalue weighted by molar-refractivity contribution is 5.78. The van der Waals surface area contributed by atoms with E-state index in [1.54, 1.807) is 0 Å². The number of rotatable bonds is 5. The summed E-state index contributed by atoms with van der Waals surface area (Å²) in [6, 6.07) is 2.00. The van der Waals surface area contributed by atoms with Crippen LogP contribution < -0.4 is 5.32 Å². The van der Waals surface area contributed by atoms with Gasteiger partial charge in [-0.3, -0.25) is 4.79 Å². The van der Waals surface area contributed by atoms with E-state index >= 15 is 0 Å². The molecular formula is C11H16N2O3. The van der Waals surface area contributed by atoms with Crippen molar-refractivity contribution in [2.45, 2.75) is 6.54 Å². The monoisotopic (exact) mass is 224 g/mol. The van der Waals surface area contributed by atoms with Crippen molar-refractivity contribution in [2.75, 3.05) is 26.9 Å². The lowest BCUT2D eigenvalue weighted by Crippen LogP contribution is -2.55. The van der Waals surface area contributed by atoms with Gasteiger partial charge in [0, 0.05) is 25.5 Å². The van der Waals surface area contributed by atoms with Crippen molar-refractivity contribution >= 4 is 5.97 Å². The van der Waals surface area contributed by atoms with Gasteiger partial charge in [0.2, 0.25) is 0 Å². The Hall–Kier alpha value is -1.33. The molecule has 5 nitrogen and oxygen atoms in total. The van der Waals surface area contributed by atoms with E-state index in [0.717, 1.165) is 6.54 Å². The van der Waals surface area contributed by atoms with E-state index in [1.807, 2.05) is 18.5 Å². The summed E-state index contributed by atoms with van der Waals surface area (Å²) >= 11 is 0. The van der Waals surface area contributed by atoms with Gasteiger partial charge >= 0.3 is 5.97 Å². The minimum atomic E-state index is -0.481. The fourth-order valence-electron chi connectivity index (χ4n) is 1.77. The third kappa shape index (κ3) is 2.10. The number of nitrogens with one attached hydrogen (secondary N) is 2. The van der Waals surface area contributed by atoms with Gasteiger partial charge in [0.05, 0.1) is 20.3 Å². The summed E-state index contributed by atoms with van der Waals surface area (Å²) < 4.78 is 9.88. The minimum Gasteiger partial charge on any atom is -0.468 e. The highest BCUT2D eigenvalue weighted by atomic mass is 16.5. The maximum Gasteiger partial charge on any atom is 0.317 e. The molecule has 0 radical (unpaired) electrons. The summed E-state index contributed by atoms with van der Waals surface area (Å²) in [7, 11) is 1.41. The summed E-state index contributed by atoms with van der Waals surface area (Å²) in [6.45, 7) is 2.21. The predicted molar refractivity (Wildman–Crippen MR) is 57.8 cm³/mol. The second-order valence-corrected chi connectivity index (χ2v) is 4.09. The van der Waals surface area contributed by atoms with E-state index in [9.17, 15) is 4.79 Å². The molecule has 0 spiro atoms. The van der Waals surface area contributed by atoms with Crippen LogP contribution in [0.2, 0.25) is 0 Å². The van der Waals surface area contributed by atoms with Crippen molar-refractivity contribution in [2.24, 2.45) is 5.41 Å². The molecule has 16 heavy (non-hydrogen) atoms. The fourth-order valence-corrected chi connectivity index (χ4v) is 1.77. The smallest absolute Gasteiger partial charge is 0.317 e. The molecule has 0 amide bonds. The normalized spacial score (nSPS) is 17.8. The number of esters is 1. The van der Waals surface area contributed by atoms with Gasteiger partial charge in [-0.05, 0) is 11.6 Å². The Morgan fingerprint density at radius 3 is 3.00 bits per heavy atom. The average Bonchev–Trinajstić information content (AvgIpc) is 2.74. The van der Waals surface area contributed by atoms with Crippen LogP contribution in [0.25, 0.3) is 0 Å². The summed E-state index contributed by atoms with van der Waals surface area (Å²) in [4.78, 5) is 14.5. The maximum atomic E-state index is 11.6. The zero-order valence-electron chi connectivity index (χ0n) is 9.29. The molecule has 2 heterocycles. The Bertz CT molecular complexity index is 344. The number of ether oxygens (including phenoxy) is 2. The fraction of sp³-hybridized carbons (Fsp3) is 0.545.